The summed E-state index contributed by atoms with van der Waals surface area (Å²) < 4.78 is 0. The maximum Gasteiger partial charge on any atom is 0.137 e. The van der Waals surface area contributed by atoms with Crippen molar-refractivity contribution in [3.8, 4) is 5.75 Å². The fourth-order valence-corrected chi connectivity index (χ4v) is 2.56. The van der Waals surface area contributed by atoms with E-state index >= 15 is 0 Å². The molecule has 3 rings (SSSR count). The van der Waals surface area contributed by atoms with Gasteiger partial charge in [-0.1, -0.05) is 12.1 Å². The van der Waals surface area contributed by atoms with Crippen molar-refractivity contribution in [2.75, 3.05) is 6.54 Å². The Hall–Kier alpha value is -1.88. The lowest BCUT2D eigenvalue weighted by molar-refractivity contribution is 0.469. The topological polar surface area (TPSA) is 73.8 Å². The molecule has 18 heavy (non-hydrogen) atoms. The first-order valence-corrected chi connectivity index (χ1v) is 6.23. The van der Waals surface area contributed by atoms with Gasteiger partial charge in [0.15, 0.2) is 0 Å². The zero-order chi connectivity index (χ0) is 12.4. The van der Waals surface area contributed by atoms with Gasteiger partial charge in [-0.05, 0) is 30.0 Å². The molecule has 0 bridgehead atoms. The van der Waals surface area contributed by atoms with Crippen LogP contribution in [0.25, 0.3) is 0 Å². The van der Waals surface area contributed by atoms with E-state index in [2.05, 4.69) is 26.6 Å². The molecule has 1 heterocycles. The molecule has 1 aromatic carbocycles. The van der Waals surface area contributed by atoms with Crippen molar-refractivity contribution in [2.24, 2.45) is 0 Å². The van der Waals surface area contributed by atoms with Crippen molar-refractivity contribution in [3.05, 3.63) is 41.5 Å². The molecule has 1 aromatic heterocycles. The maximum atomic E-state index is 9.77. The molecule has 5 nitrogen and oxygen atoms in total. The minimum absolute atomic E-state index is 0.343. The van der Waals surface area contributed by atoms with Crippen molar-refractivity contribution < 1.29 is 5.11 Å². The van der Waals surface area contributed by atoms with Crippen LogP contribution in [-0.4, -0.2) is 26.8 Å². The van der Waals surface area contributed by atoms with E-state index in [0.29, 0.717) is 11.8 Å². The molecule has 0 radical (unpaired) electrons. The number of phenols is 1. The summed E-state index contributed by atoms with van der Waals surface area (Å²) in [4.78, 5) is 4.09. The van der Waals surface area contributed by atoms with Gasteiger partial charge in [0.2, 0.25) is 0 Å². The van der Waals surface area contributed by atoms with Crippen LogP contribution >= 0.6 is 0 Å². The second kappa shape index (κ2) is 4.78. The van der Waals surface area contributed by atoms with E-state index in [9.17, 15) is 5.11 Å². The zero-order valence-electron chi connectivity index (χ0n) is 10.1. The summed E-state index contributed by atoms with van der Waals surface area (Å²) in [6.07, 6.45) is 4.36. The van der Waals surface area contributed by atoms with Gasteiger partial charge in [0.25, 0.3) is 0 Å². The largest absolute Gasteiger partial charge is 0.508 e. The molecule has 1 aliphatic rings. The van der Waals surface area contributed by atoms with Crippen molar-refractivity contribution in [2.45, 2.75) is 25.3 Å². The van der Waals surface area contributed by atoms with Gasteiger partial charge in [0.05, 0.1) is 0 Å². The Morgan fingerprint density at radius 1 is 1.44 bits per heavy atom. The first-order valence-electron chi connectivity index (χ1n) is 6.23. The molecular weight excluding hydrogens is 228 g/mol. The zero-order valence-corrected chi connectivity index (χ0v) is 10.1. The van der Waals surface area contributed by atoms with Crippen LogP contribution in [0.5, 0.6) is 5.75 Å². The monoisotopic (exact) mass is 244 g/mol. The van der Waals surface area contributed by atoms with E-state index in [1.807, 2.05) is 6.07 Å². The Morgan fingerprint density at radius 3 is 3.22 bits per heavy atom. The van der Waals surface area contributed by atoms with Crippen LogP contribution in [0.15, 0.2) is 24.5 Å². The average Bonchev–Trinajstić information content (AvgIpc) is 3.00. The lowest BCUT2D eigenvalue weighted by Crippen LogP contribution is -2.22. The molecule has 0 spiro atoms. The van der Waals surface area contributed by atoms with E-state index in [0.717, 1.165) is 37.2 Å². The van der Waals surface area contributed by atoms with Gasteiger partial charge >= 0.3 is 0 Å². The summed E-state index contributed by atoms with van der Waals surface area (Å²) >= 11 is 0. The molecule has 0 aliphatic heterocycles. The molecule has 0 fully saturated rings. The van der Waals surface area contributed by atoms with Crippen molar-refractivity contribution >= 4 is 0 Å². The normalized spacial score (nSPS) is 17.9. The smallest absolute Gasteiger partial charge is 0.137 e. The van der Waals surface area contributed by atoms with Gasteiger partial charge in [0, 0.05) is 19.0 Å². The van der Waals surface area contributed by atoms with Crippen molar-refractivity contribution in [3.63, 3.8) is 0 Å². The van der Waals surface area contributed by atoms with Crippen LogP contribution in [0.3, 0.4) is 0 Å². The first kappa shape index (κ1) is 11.2. The number of aromatic amines is 1. The number of aromatic nitrogens is 3. The Bertz CT molecular complexity index is 524. The molecule has 1 unspecified atom stereocenters. The molecule has 0 saturated carbocycles. The number of benzene rings is 1. The number of nitrogens with one attached hydrogen (secondary N) is 2. The molecule has 5 heteroatoms. The summed E-state index contributed by atoms with van der Waals surface area (Å²) in [5, 5.41) is 20.0. The number of phenolic OH excluding ortho intramolecular Hbond substituents is 1. The Kier molecular flexibility index (Phi) is 2.98. The second-order valence-electron chi connectivity index (χ2n) is 4.57. The van der Waals surface area contributed by atoms with E-state index < -0.39 is 0 Å². The van der Waals surface area contributed by atoms with Crippen LogP contribution in [0, 0.1) is 0 Å². The van der Waals surface area contributed by atoms with Gasteiger partial charge < -0.3 is 10.4 Å². The van der Waals surface area contributed by atoms with E-state index in [-0.39, 0.29) is 0 Å². The number of hydrogen-bond donors (Lipinski definition) is 3. The highest BCUT2D eigenvalue weighted by molar-refractivity contribution is 5.44. The van der Waals surface area contributed by atoms with Crippen LogP contribution in [-0.2, 0) is 12.8 Å². The maximum absolute atomic E-state index is 9.77. The van der Waals surface area contributed by atoms with E-state index in [1.54, 1.807) is 6.07 Å². The fourth-order valence-electron chi connectivity index (χ4n) is 2.56. The summed E-state index contributed by atoms with van der Waals surface area (Å²) in [6, 6.07) is 6.10. The van der Waals surface area contributed by atoms with Crippen LogP contribution in [0.2, 0.25) is 0 Å². The van der Waals surface area contributed by atoms with Gasteiger partial charge in [0.1, 0.15) is 17.9 Å². The van der Waals surface area contributed by atoms with Gasteiger partial charge in [-0.25, -0.2) is 4.98 Å². The number of fused-ring (bicyclic) bond motifs is 1. The SMILES string of the molecule is Oc1cccc2c1CCC2NCCc1ncn[nH]1. The number of aromatic hydroxyl groups is 1. The van der Waals surface area contributed by atoms with Crippen LogP contribution in [0.1, 0.15) is 29.4 Å². The first-order chi connectivity index (χ1) is 8.84. The molecule has 1 aliphatic carbocycles. The minimum atomic E-state index is 0.343. The molecule has 1 atom stereocenters. The molecule has 0 amide bonds. The number of rotatable bonds is 4. The Morgan fingerprint density at radius 2 is 2.39 bits per heavy atom. The lowest BCUT2D eigenvalue weighted by atomic mass is 10.1. The summed E-state index contributed by atoms with van der Waals surface area (Å²) in [5.74, 6) is 1.32. The van der Waals surface area contributed by atoms with Crippen LogP contribution in [0.4, 0.5) is 0 Å². The Balaban J connectivity index is 1.61. The second-order valence-corrected chi connectivity index (χ2v) is 4.57. The average molecular weight is 244 g/mol. The van der Waals surface area contributed by atoms with Gasteiger partial charge in [-0.3, -0.25) is 5.10 Å². The quantitative estimate of drug-likeness (QED) is 0.758. The lowest BCUT2D eigenvalue weighted by Gasteiger charge is -2.13. The summed E-state index contributed by atoms with van der Waals surface area (Å²) in [7, 11) is 0. The number of hydrogen-bond acceptors (Lipinski definition) is 4. The molecule has 0 saturated heterocycles. The number of nitrogens with zero attached hydrogens (tertiary/aromatic N) is 2. The highest BCUT2D eigenvalue weighted by Gasteiger charge is 2.23. The molecule has 3 N–H and O–H groups in total. The third-order valence-electron chi connectivity index (χ3n) is 3.46. The standard InChI is InChI=1S/C13H16N4O/c18-12-3-1-2-9-10(12)4-5-11(9)14-7-6-13-15-8-16-17-13/h1-3,8,11,14,18H,4-7H2,(H,15,16,17). The summed E-state index contributed by atoms with van der Waals surface area (Å²) in [5.41, 5.74) is 2.32. The van der Waals surface area contributed by atoms with E-state index in [1.165, 1.54) is 11.9 Å². The van der Waals surface area contributed by atoms with Gasteiger partial charge in [-0.2, -0.15) is 5.10 Å². The summed E-state index contributed by atoms with van der Waals surface area (Å²) in [6.45, 7) is 0.856. The predicted molar refractivity (Wildman–Crippen MR) is 67.3 cm³/mol. The molecule has 2 aromatic rings. The van der Waals surface area contributed by atoms with Crippen molar-refractivity contribution in [1.82, 2.24) is 20.5 Å². The highest BCUT2D eigenvalue weighted by atomic mass is 16.3. The number of H-pyrrole nitrogens is 1. The highest BCUT2D eigenvalue weighted by Crippen LogP contribution is 2.35. The third kappa shape index (κ3) is 2.09. The predicted octanol–water partition coefficient (Wildman–Crippen LogP) is 1.33. The molecular formula is C13H16N4O. The van der Waals surface area contributed by atoms with E-state index in [4.69, 9.17) is 0 Å². The minimum Gasteiger partial charge on any atom is -0.508 e. The third-order valence-corrected chi connectivity index (χ3v) is 3.46. The van der Waals surface area contributed by atoms with Crippen LogP contribution < -0.4 is 5.32 Å². The van der Waals surface area contributed by atoms with Gasteiger partial charge in [-0.15, -0.1) is 0 Å². The van der Waals surface area contributed by atoms with Crippen molar-refractivity contribution in [1.29, 1.82) is 0 Å². The molecule has 94 valence electrons. The fraction of sp³-hybridized carbons (Fsp3) is 0.385. The Labute approximate surface area is 105 Å².